The van der Waals surface area contributed by atoms with Crippen molar-refractivity contribution in [2.24, 2.45) is 0 Å². The number of aromatic nitrogens is 3. The Labute approximate surface area is 110 Å². The van der Waals surface area contributed by atoms with Crippen molar-refractivity contribution in [3.05, 3.63) is 58.0 Å². The van der Waals surface area contributed by atoms with Crippen molar-refractivity contribution < 1.29 is 0 Å². The number of hydrogen-bond donors (Lipinski definition) is 1. The third-order valence-corrected chi connectivity index (χ3v) is 3.41. The first-order valence-corrected chi connectivity index (χ1v) is 6.08. The second-order valence-corrected chi connectivity index (χ2v) is 4.56. The van der Waals surface area contributed by atoms with E-state index in [1.165, 1.54) is 0 Å². The minimum absolute atomic E-state index is 0.139. The number of pyridine rings is 1. The van der Waals surface area contributed by atoms with E-state index in [-0.39, 0.29) is 5.56 Å². The quantitative estimate of drug-likeness (QED) is 0.723. The molecule has 1 N–H and O–H groups in total. The number of hydrogen-bond acceptors (Lipinski definition) is 3. The van der Waals surface area contributed by atoms with Crippen molar-refractivity contribution in [3.63, 3.8) is 0 Å². The number of rotatable bonds is 1. The van der Waals surface area contributed by atoms with Gasteiger partial charge in [-0.05, 0) is 31.5 Å². The van der Waals surface area contributed by atoms with E-state index < -0.39 is 0 Å². The van der Waals surface area contributed by atoms with Gasteiger partial charge in [0.1, 0.15) is 0 Å². The summed E-state index contributed by atoms with van der Waals surface area (Å²) >= 11 is 0. The number of benzene rings is 1. The summed E-state index contributed by atoms with van der Waals surface area (Å²) in [4.78, 5) is 15.8. The Bertz CT molecular complexity index is 821. The summed E-state index contributed by atoms with van der Waals surface area (Å²) in [5.41, 5.74) is 4.14. The average Bonchev–Trinajstić information content (AvgIpc) is 2.44. The number of nitrogens with zero attached hydrogens (tertiary/aromatic N) is 2. The minimum Gasteiger partial charge on any atom is -0.268 e. The van der Waals surface area contributed by atoms with Crippen molar-refractivity contribution in [2.45, 2.75) is 13.8 Å². The lowest BCUT2D eigenvalue weighted by Crippen LogP contribution is -2.14. The van der Waals surface area contributed by atoms with E-state index >= 15 is 0 Å². The third-order valence-electron chi connectivity index (χ3n) is 3.41. The first kappa shape index (κ1) is 11.6. The van der Waals surface area contributed by atoms with Crippen LogP contribution in [0, 0.1) is 13.8 Å². The first-order chi connectivity index (χ1) is 9.16. The zero-order valence-corrected chi connectivity index (χ0v) is 10.8. The lowest BCUT2D eigenvalue weighted by Gasteiger charge is -2.07. The zero-order valence-electron chi connectivity index (χ0n) is 10.8. The predicted octanol–water partition coefficient (Wildman–Crippen LogP) is 2.60. The maximum Gasteiger partial charge on any atom is 0.267 e. The van der Waals surface area contributed by atoms with Crippen LogP contribution in [0.3, 0.4) is 0 Å². The van der Waals surface area contributed by atoms with Gasteiger partial charge in [-0.2, -0.15) is 5.10 Å². The fourth-order valence-electron chi connectivity index (χ4n) is 2.12. The highest BCUT2D eigenvalue weighted by molar-refractivity contribution is 5.83. The highest BCUT2D eigenvalue weighted by Crippen LogP contribution is 2.24. The lowest BCUT2D eigenvalue weighted by molar-refractivity contribution is 0.959. The van der Waals surface area contributed by atoms with Crippen LogP contribution in [-0.2, 0) is 0 Å². The molecule has 3 rings (SSSR count). The van der Waals surface area contributed by atoms with Crippen LogP contribution in [0.15, 0.2) is 41.3 Å². The fraction of sp³-hybridized carbons (Fsp3) is 0.133. The summed E-state index contributed by atoms with van der Waals surface area (Å²) in [5.74, 6) is 0. The molecule has 0 bridgehead atoms. The van der Waals surface area contributed by atoms with Crippen LogP contribution in [0.25, 0.3) is 22.2 Å². The number of aromatic amines is 1. The number of nitrogens with one attached hydrogen (secondary N) is 1. The van der Waals surface area contributed by atoms with Gasteiger partial charge in [-0.1, -0.05) is 18.2 Å². The Morgan fingerprint density at radius 1 is 1.11 bits per heavy atom. The van der Waals surface area contributed by atoms with Gasteiger partial charge in [0.25, 0.3) is 5.56 Å². The van der Waals surface area contributed by atoms with Gasteiger partial charge < -0.3 is 0 Å². The molecule has 2 heterocycles. The Kier molecular flexibility index (Phi) is 2.63. The number of H-pyrrole nitrogens is 1. The van der Waals surface area contributed by atoms with E-state index in [1.807, 2.05) is 37.3 Å². The highest BCUT2D eigenvalue weighted by Gasteiger charge is 2.09. The van der Waals surface area contributed by atoms with E-state index in [1.54, 1.807) is 13.1 Å². The molecular formula is C15H13N3O. The fourth-order valence-corrected chi connectivity index (χ4v) is 2.12. The molecule has 0 unspecified atom stereocenters. The van der Waals surface area contributed by atoms with Crippen molar-refractivity contribution in [1.29, 1.82) is 0 Å². The van der Waals surface area contributed by atoms with Crippen LogP contribution >= 0.6 is 0 Å². The van der Waals surface area contributed by atoms with Gasteiger partial charge in [-0.15, -0.1) is 0 Å². The molecule has 0 aliphatic carbocycles. The van der Waals surface area contributed by atoms with E-state index in [9.17, 15) is 4.79 Å². The largest absolute Gasteiger partial charge is 0.268 e. The molecule has 4 heteroatoms. The van der Waals surface area contributed by atoms with Crippen LogP contribution in [0.4, 0.5) is 0 Å². The van der Waals surface area contributed by atoms with E-state index in [4.69, 9.17) is 0 Å². The molecule has 0 fully saturated rings. The maximum absolute atomic E-state index is 11.5. The third kappa shape index (κ3) is 1.91. The molecule has 0 radical (unpaired) electrons. The van der Waals surface area contributed by atoms with Gasteiger partial charge in [0.2, 0.25) is 0 Å². The van der Waals surface area contributed by atoms with Gasteiger partial charge in [-0.25, -0.2) is 5.10 Å². The normalized spacial score (nSPS) is 10.8. The SMILES string of the molecule is Cc1c(-c2ccc3cccnc3c2)n[nH]c(=O)c1C. The zero-order chi connectivity index (χ0) is 13.4. The second kappa shape index (κ2) is 4.31. The standard InChI is InChI=1S/C15H13N3O/c1-9-10(2)15(19)18-17-14(9)12-6-5-11-4-3-7-16-13(11)8-12/h3-8H,1-2H3,(H,18,19). The molecule has 1 aromatic carbocycles. The van der Waals surface area contributed by atoms with Crippen molar-refractivity contribution in [1.82, 2.24) is 15.2 Å². The molecule has 0 saturated heterocycles. The summed E-state index contributed by atoms with van der Waals surface area (Å²) in [7, 11) is 0. The average molecular weight is 251 g/mol. The van der Waals surface area contributed by atoms with Gasteiger partial charge in [-0.3, -0.25) is 9.78 Å². The van der Waals surface area contributed by atoms with Crippen LogP contribution in [0.1, 0.15) is 11.1 Å². The second-order valence-electron chi connectivity index (χ2n) is 4.56. The van der Waals surface area contributed by atoms with Gasteiger partial charge in [0.05, 0.1) is 11.2 Å². The summed E-state index contributed by atoms with van der Waals surface area (Å²) in [6, 6.07) is 9.93. The molecule has 94 valence electrons. The summed E-state index contributed by atoms with van der Waals surface area (Å²) in [5, 5.41) is 7.77. The van der Waals surface area contributed by atoms with Crippen LogP contribution in [-0.4, -0.2) is 15.2 Å². The molecule has 4 nitrogen and oxygen atoms in total. The predicted molar refractivity (Wildman–Crippen MR) is 75.1 cm³/mol. The lowest BCUT2D eigenvalue weighted by atomic mass is 10.0. The van der Waals surface area contributed by atoms with Crippen molar-refractivity contribution in [3.8, 4) is 11.3 Å². The van der Waals surface area contributed by atoms with Gasteiger partial charge in [0, 0.05) is 22.7 Å². The molecule has 0 saturated carbocycles. The summed E-state index contributed by atoms with van der Waals surface area (Å²) in [6.45, 7) is 3.72. The van der Waals surface area contributed by atoms with Crippen LogP contribution in [0.5, 0.6) is 0 Å². The monoisotopic (exact) mass is 251 g/mol. The topological polar surface area (TPSA) is 58.6 Å². The van der Waals surface area contributed by atoms with Gasteiger partial charge >= 0.3 is 0 Å². The Balaban J connectivity index is 2.25. The highest BCUT2D eigenvalue weighted by atomic mass is 16.1. The van der Waals surface area contributed by atoms with Gasteiger partial charge in [0.15, 0.2) is 0 Å². The van der Waals surface area contributed by atoms with E-state index in [0.717, 1.165) is 27.7 Å². The maximum atomic E-state index is 11.5. The smallest absolute Gasteiger partial charge is 0.267 e. The number of fused-ring (bicyclic) bond motifs is 1. The molecule has 19 heavy (non-hydrogen) atoms. The minimum atomic E-state index is -0.139. The first-order valence-electron chi connectivity index (χ1n) is 6.08. The molecule has 0 atom stereocenters. The summed E-state index contributed by atoms with van der Waals surface area (Å²) in [6.07, 6.45) is 1.77. The van der Waals surface area contributed by atoms with Crippen LogP contribution in [0.2, 0.25) is 0 Å². The Hall–Kier alpha value is -2.49. The van der Waals surface area contributed by atoms with E-state index in [2.05, 4.69) is 15.2 Å². The Morgan fingerprint density at radius 2 is 1.95 bits per heavy atom. The Morgan fingerprint density at radius 3 is 2.79 bits per heavy atom. The molecule has 0 aliphatic rings. The molecule has 2 aromatic heterocycles. The summed E-state index contributed by atoms with van der Waals surface area (Å²) < 4.78 is 0. The van der Waals surface area contributed by atoms with Crippen molar-refractivity contribution in [2.75, 3.05) is 0 Å². The molecule has 0 spiro atoms. The molecule has 0 amide bonds. The molecular weight excluding hydrogens is 238 g/mol. The van der Waals surface area contributed by atoms with Crippen molar-refractivity contribution >= 4 is 10.9 Å². The van der Waals surface area contributed by atoms with E-state index in [0.29, 0.717) is 5.56 Å². The molecule has 3 aromatic rings. The van der Waals surface area contributed by atoms with Crippen LogP contribution < -0.4 is 5.56 Å². The molecule has 0 aliphatic heterocycles.